The van der Waals surface area contributed by atoms with Crippen LogP contribution in [0.3, 0.4) is 0 Å². The van der Waals surface area contributed by atoms with E-state index in [0.29, 0.717) is 22.6 Å². The summed E-state index contributed by atoms with van der Waals surface area (Å²) in [5.41, 5.74) is 3.00. The van der Waals surface area contributed by atoms with Crippen molar-refractivity contribution in [2.45, 2.75) is 39.3 Å². The molecule has 1 aliphatic rings. The summed E-state index contributed by atoms with van der Waals surface area (Å²) >= 11 is 0. The Morgan fingerprint density at radius 1 is 0.939 bits per heavy atom. The average Bonchev–Trinajstić information content (AvgIpc) is 3.10. The molecule has 1 amide bonds. The maximum absolute atomic E-state index is 13.2. The van der Waals surface area contributed by atoms with Crippen LogP contribution < -0.4 is 9.64 Å². The van der Waals surface area contributed by atoms with Gasteiger partial charge in [0.1, 0.15) is 11.5 Å². The van der Waals surface area contributed by atoms with Gasteiger partial charge >= 0.3 is 0 Å². The first-order valence-electron chi connectivity index (χ1n) is 11.1. The summed E-state index contributed by atoms with van der Waals surface area (Å²) < 4.78 is 5.74. The van der Waals surface area contributed by atoms with Gasteiger partial charge in [0.15, 0.2) is 0 Å². The van der Waals surface area contributed by atoms with Crippen molar-refractivity contribution in [2.24, 2.45) is 0 Å². The largest absolute Gasteiger partial charge is 0.507 e. The van der Waals surface area contributed by atoms with Crippen LogP contribution in [0.5, 0.6) is 5.75 Å². The van der Waals surface area contributed by atoms with Crippen molar-refractivity contribution in [1.82, 2.24) is 0 Å². The number of nitrogens with zero attached hydrogens (tertiary/aromatic N) is 1. The molecule has 3 aromatic rings. The highest BCUT2D eigenvalue weighted by Gasteiger charge is 2.46. The Morgan fingerprint density at radius 2 is 1.58 bits per heavy atom. The minimum absolute atomic E-state index is 0.0249. The van der Waals surface area contributed by atoms with Gasteiger partial charge in [-0.15, -0.1) is 0 Å². The zero-order valence-electron chi connectivity index (χ0n) is 19.0. The zero-order chi connectivity index (χ0) is 23.5. The standard InChI is InChI=1S/C28H27NO4/c1-4-19-10-12-21(13-11-19)26(30)24-25(20-14-16-23(17-15-20)33-18(2)3)29(28(32)27(24)31)22-8-6-5-7-9-22/h5-18,25,30H,4H2,1-3H3/b26-24-. The second-order valence-corrected chi connectivity index (χ2v) is 8.29. The van der Waals surface area contributed by atoms with Gasteiger partial charge in [0.05, 0.1) is 17.7 Å². The van der Waals surface area contributed by atoms with E-state index in [0.717, 1.165) is 12.0 Å². The molecule has 3 aromatic carbocycles. The van der Waals surface area contributed by atoms with Crippen molar-refractivity contribution in [3.8, 4) is 5.75 Å². The minimum atomic E-state index is -0.758. The monoisotopic (exact) mass is 441 g/mol. The van der Waals surface area contributed by atoms with Gasteiger partial charge in [0.25, 0.3) is 11.7 Å². The lowest BCUT2D eigenvalue weighted by Gasteiger charge is -2.25. The van der Waals surface area contributed by atoms with E-state index in [1.807, 2.05) is 75.4 Å². The van der Waals surface area contributed by atoms with Gasteiger partial charge in [-0.25, -0.2) is 0 Å². The first kappa shape index (κ1) is 22.3. The second kappa shape index (κ2) is 9.33. The Hall–Kier alpha value is -3.86. The number of carbonyl (C=O) groups excluding carboxylic acids is 2. The molecule has 0 spiro atoms. The quantitative estimate of drug-likeness (QED) is 0.304. The fourth-order valence-corrected chi connectivity index (χ4v) is 4.06. The number of aryl methyl sites for hydroxylation is 1. The van der Waals surface area contributed by atoms with Crippen molar-refractivity contribution in [2.75, 3.05) is 4.90 Å². The molecule has 1 N–H and O–H groups in total. The summed E-state index contributed by atoms with van der Waals surface area (Å²) in [7, 11) is 0. The topological polar surface area (TPSA) is 66.8 Å². The molecule has 5 nitrogen and oxygen atoms in total. The number of rotatable bonds is 6. The molecule has 1 atom stereocenters. The Labute approximate surface area is 193 Å². The molecule has 168 valence electrons. The molecule has 0 saturated carbocycles. The van der Waals surface area contributed by atoms with Crippen molar-refractivity contribution in [3.63, 3.8) is 0 Å². The number of benzene rings is 3. The molecule has 33 heavy (non-hydrogen) atoms. The summed E-state index contributed by atoms with van der Waals surface area (Å²) in [4.78, 5) is 27.8. The number of carbonyl (C=O) groups is 2. The lowest BCUT2D eigenvalue weighted by molar-refractivity contribution is -0.132. The van der Waals surface area contributed by atoms with Crippen LogP contribution in [0.25, 0.3) is 5.76 Å². The zero-order valence-corrected chi connectivity index (χ0v) is 19.0. The van der Waals surface area contributed by atoms with Crippen LogP contribution in [0.1, 0.15) is 43.5 Å². The fourth-order valence-electron chi connectivity index (χ4n) is 4.06. The molecule has 1 fully saturated rings. The molecule has 1 unspecified atom stereocenters. The van der Waals surface area contributed by atoms with E-state index in [-0.39, 0.29) is 17.4 Å². The Bertz CT molecular complexity index is 1180. The lowest BCUT2D eigenvalue weighted by Crippen LogP contribution is -2.29. The van der Waals surface area contributed by atoms with Crippen LogP contribution in [0.15, 0.2) is 84.4 Å². The molecule has 1 aliphatic heterocycles. The minimum Gasteiger partial charge on any atom is -0.507 e. The van der Waals surface area contributed by atoms with E-state index < -0.39 is 17.7 Å². The van der Waals surface area contributed by atoms with Crippen molar-refractivity contribution in [3.05, 3.63) is 101 Å². The number of Topliss-reactive ketones (excluding diaryl/α,β-unsaturated/α-hetero) is 1. The highest BCUT2D eigenvalue weighted by Crippen LogP contribution is 2.42. The van der Waals surface area contributed by atoms with Gasteiger partial charge in [0.2, 0.25) is 0 Å². The second-order valence-electron chi connectivity index (χ2n) is 8.29. The van der Waals surface area contributed by atoms with Crippen LogP contribution in [-0.4, -0.2) is 22.9 Å². The molecule has 1 saturated heterocycles. The number of hydrogen-bond acceptors (Lipinski definition) is 4. The molecule has 0 aliphatic carbocycles. The van der Waals surface area contributed by atoms with Gasteiger partial charge in [-0.3, -0.25) is 14.5 Å². The van der Waals surface area contributed by atoms with Crippen LogP contribution in [0.2, 0.25) is 0 Å². The molecule has 5 heteroatoms. The summed E-state index contributed by atoms with van der Waals surface area (Å²) in [6.07, 6.45) is 0.890. The van der Waals surface area contributed by atoms with Crippen molar-refractivity contribution in [1.29, 1.82) is 0 Å². The highest BCUT2D eigenvalue weighted by molar-refractivity contribution is 6.51. The maximum Gasteiger partial charge on any atom is 0.300 e. The summed E-state index contributed by atoms with van der Waals surface area (Å²) in [5, 5.41) is 11.2. The fraction of sp³-hybridized carbons (Fsp3) is 0.214. The van der Waals surface area contributed by atoms with E-state index >= 15 is 0 Å². The molecule has 4 rings (SSSR count). The Kier molecular flexibility index (Phi) is 6.31. The number of hydrogen-bond donors (Lipinski definition) is 1. The van der Waals surface area contributed by atoms with Crippen LogP contribution in [0.4, 0.5) is 5.69 Å². The first-order chi connectivity index (χ1) is 15.9. The van der Waals surface area contributed by atoms with Gasteiger partial charge in [-0.1, -0.05) is 61.5 Å². The van der Waals surface area contributed by atoms with Crippen molar-refractivity contribution >= 4 is 23.1 Å². The molecule has 0 aromatic heterocycles. The third kappa shape index (κ3) is 4.40. The Balaban J connectivity index is 1.86. The smallest absolute Gasteiger partial charge is 0.300 e. The third-order valence-corrected chi connectivity index (χ3v) is 5.68. The van der Waals surface area contributed by atoms with Gasteiger partial charge in [-0.2, -0.15) is 0 Å². The van der Waals surface area contributed by atoms with E-state index in [1.54, 1.807) is 24.3 Å². The van der Waals surface area contributed by atoms with Crippen LogP contribution in [0, 0.1) is 0 Å². The van der Waals surface area contributed by atoms with E-state index in [2.05, 4.69) is 0 Å². The predicted octanol–water partition coefficient (Wildman–Crippen LogP) is 5.66. The lowest BCUT2D eigenvalue weighted by atomic mass is 9.94. The van der Waals surface area contributed by atoms with Gasteiger partial charge in [0, 0.05) is 11.3 Å². The molecule has 0 bridgehead atoms. The van der Waals surface area contributed by atoms with Crippen molar-refractivity contribution < 1.29 is 19.4 Å². The maximum atomic E-state index is 13.2. The predicted molar refractivity (Wildman–Crippen MR) is 129 cm³/mol. The summed E-state index contributed by atoms with van der Waals surface area (Å²) in [6.45, 7) is 5.94. The number of para-hydroxylation sites is 1. The van der Waals surface area contributed by atoms with E-state index in [1.165, 1.54) is 4.90 Å². The van der Waals surface area contributed by atoms with Crippen LogP contribution in [-0.2, 0) is 16.0 Å². The van der Waals surface area contributed by atoms with Gasteiger partial charge in [-0.05, 0) is 55.7 Å². The number of amides is 1. The van der Waals surface area contributed by atoms with E-state index in [4.69, 9.17) is 4.74 Å². The number of aliphatic hydroxyl groups is 1. The molecule has 0 radical (unpaired) electrons. The number of ether oxygens (including phenoxy) is 1. The summed E-state index contributed by atoms with van der Waals surface area (Å²) in [5.74, 6) is -0.855. The molecular formula is C28H27NO4. The average molecular weight is 442 g/mol. The first-order valence-corrected chi connectivity index (χ1v) is 11.1. The molecule has 1 heterocycles. The highest BCUT2D eigenvalue weighted by atomic mass is 16.5. The molecular weight excluding hydrogens is 414 g/mol. The normalized spacial score (nSPS) is 17.6. The summed E-state index contributed by atoms with van der Waals surface area (Å²) in [6, 6.07) is 23.0. The third-order valence-electron chi connectivity index (χ3n) is 5.68. The SMILES string of the molecule is CCc1ccc(/C(O)=C2/C(=O)C(=O)N(c3ccccc3)C2c2ccc(OC(C)C)cc2)cc1. The van der Waals surface area contributed by atoms with Crippen LogP contribution >= 0.6 is 0 Å². The number of aliphatic hydroxyl groups excluding tert-OH is 1. The van der Waals surface area contributed by atoms with E-state index in [9.17, 15) is 14.7 Å². The number of ketones is 1. The Morgan fingerprint density at radius 3 is 2.15 bits per heavy atom. The number of anilines is 1. The van der Waals surface area contributed by atoms with Gasteiger partial charge < -0.3 is 9.84 Å².